The Hall–Kier alpha value is -1.26. The van der Waals surface area contributed by atoms with Gasteiger partial charge in [0.15, 0.2) is 0 Å². The quantitative estimate of drug-likeness (QED) is 0.803. The number of carboxylic acids is 1. The van der Waals surface area contributed by atoms with Crippen LogP contribution in [0.2, 0.25) is 0 Å². The normalized spacial score (nSPS) is 32.0. The van der Waals surface area contributed by atoms with Gasteiger partial charge in [-0.25, -0.2) is 4.79 Å². The van der Waals surface area contributed by atoms with Crippen molar-refractivity contribution < 1.29 is 19.4 Å². The van der Waals surface area contributed by atoms with Crippen LogP contribution in [0.3, 0.4) is 0 Å². The van der Waals surface area contributed by atoms with Crippen LogP contribution in [-0.2, 0) is 9.53 Å². The van der Waals surface area contributed by atoms with Crippen LogP contribution < -0.4 is 0 Å². The van der Waals surface area contributed by atoms with E-state index < -0.39 is 11.6 Å². The van der Waals surface area contributed by atoms with Crippen molar-refractivity contribution in [2.24, 2.45) is 11.3 Å². The molecule has 20 heavy (non-hydrogen) atoms. The molecule has 1 heterocycles. The van der Waals surface area contributed by atoms with Gasteiger partial charge in [-0.05, 0) is 59.3 Å². The molecule has 2 aliphatic rings. The topological polar surface area (TPSA) is 66.8 Å². The van der Waals surface area contributed by atoms with Gasteiger partial charge in [-0.1, -0.05) is 0 Å². The third-order valence-corrected chi connectivity index (χ3v) is 4.45. The second-order valence-corrected chi connectivity index (χ2v) is 7.83. The Kier molecular flexibility index (Phi) is 3.30. The number of ether oxygens (including phenoxy) is 1. The van der Waals surface area contributed by atoms with Crippen molar-refractivity contribution in [3.8, 4) is 0 Å². The number of amides is 1. The molecule has 5 nitrogen and oxygen atoms in total. The van der Waals surface area contributed by atoms with Crippen LogP contribution in [0.1, 0.15) is 53.9 Å². The van der Waals surface area contributed by atoms with Crippen LogP contribution in [0.25, 0.3) is 0 Å². The highest BCUT2D eigenvalue weighted by Gasteiger charge is 2.62. The number of carbonyl (C=O) groups is 2. The Morgan fingerprint density at radius 1 is 1.30 bits per heavy atom. The maximum Gasteiger partial charge on any atom is 0.410 e. The Labute approximate surface area is 120 Å². The Balaban J connectivity index is 2.06. The molecule has 1 aliphatic heterocycles. The third kappa shape index (κ3) is 2.76. The second-order valence-electron chi connectivity index (χ2n) is 7.83. The van der Waals surface area contributed by atoms with Crippen LogP contribution in [0.15, 0.2) is 0 Å². The second kappa shape index (κ2) is 4.37. The first-order chi connectivity index (χ1) is 8.97. The number of aliphatic carboxylic acids is 1. The van der Waals surface area contributed by atoms with Crippen molar-refractivity contribution in [1.29, 1.82) is 0 Å². The van der Waals surface area contributed by atoms with Crippen molar-refractivity contribution in [1.82, 2.24) is 4.90 Å². The molecule has 2 unspecified atom stereocenters. The van der Waals surface area contributed by atoms with E-state index in [1.807, 2.05) is 34.6 Å². The molecule has 0 aromatic carbocycles. The highest BCUT2D eigenvalue weighted by atomic mass is 16.6. The van der Waals surface area contributed by atoms with E-state index in [4.69, 9.17) is 9.84 Å². The number of likely N-dealkylation sites (tertiary alicyclic amines) is 1. The fraction of sp³-hybridized carbons (Fsp3) is 0.867. The van der Waals surface area contributed by atoms with Crippen LogP contribution in [0, 0.1) is 11.3 Å². The number of carboxylic acid groups (broad SMARTS) is 1. The van der Waals surface area contributed by atoms with Gasteiger partial charge in [0, 0.05) is 12.1 Å². The van der Waals surface area contributed by atoms with Crippen LogP contribution in [0.5, 0.6) is 0 Å². The van der Waals surface area contributed by atoms with Gasteiger partial charge in [-0.3, -0.25) is 4.79 Å². The number of hydrogen-bond acceptors (Lipinski definition) is 3. The zero-order valence-corrected chi connectivity index (χ0v) is 13.0. The fourth-order valence-corrected chi connectivity index (χ4v) is 3.51. The summed E-state index contributed by atoms with van der Waals surface area (Å²) in [5.74, 6) is -0.936. The summed E-state index contributed by atoms with van der Waals surface area (Å²) in [6, 6.07) is 0. The summed E-state index contributed by atoms with van der Waals surface area (Å²) in [6.07, 6.45) is 1.93. The van der Waals surface area contributed by atoms with Gasteiger partial charge < -0.3 is 14.7 Å². The van der Waals surface area contributed by atoms with Gasteiger partial charge in [-0.2, -0.15) is 0 Å². The standard InChI is InChI=1S/C15H25NO4/c1-13(2,3)20-12(19)16-7-6-15(9-14(16,4)5)8-10(15)11(17)18/h10H,6-9H2,1-5H3,(H,17,18). The number of piperidine rings is 1. The summed E-state index contributed by atoms with van der Waals surface area (Å²) in [5.41, 5.74) is -0.968. The first kappa shape index (κ1) is 15.1. The van der Waals surface area contributed by atoms with E-state index in [1.54, 1.807) is 4.90 Å². The zero-order valence-electron chi connectivity index (χ0n) is 13.0. The molecule has 1 N–H and O–H groups in total. The molecule has 1 spiro atoms. The number of rotatable bonds is 1. The molecule has 1 aliphatic carbocycles. The van der Waals surface area contributed by atoms with E-state index in [9.17, 15) is 9.59 Å². The smallest absolute Gasteiger partial charge is 0.410 e. The van der Waals surface area contributed by atoms with Crippen LogP contribution >= 0.6 is 0 Å². The minimum Gasteiger partial charge on any atom is -0.481 e. The molecule has 0 radical (unpaired) electrons. The molecule has 0 bridgehead atoms. The molecule has 2 rings (SSSR count). The molecular formula is C15H25NO4. The van der Waals surface area contributed by atoms with E-state index in [0.717, 1.165) is 19.3 Å². The molecule has 2 fully saturated rings. The Morgan fingerprint density at radius 3 is 2.30 bits per heavy atom. The predicted molar refractivity (Wildman–Crippen MR) is 74.4 cm³/mol. The zero-order chi connectivity index (χ0) is 15.3. The third-order valence-electron chi connectivity index (χ3n) is 4.45. The Bertz CT molecular complexity index is 438. The number of nitrogens with zero attached hydrogens (tertiary/aromatic N) is 1. The molecule has 114 valence electrons. The van der Waals surface area contributed by atoms with Crippen LogP contribution in [-0.4, -0.2) is 39.8 Å². The number of carbonyl (C=O) groups excluding carboxylic acids is 1. The molecular weight excluding hydrogens is 258 g/mol. The minimum absolute atomic E-state index is 0.103. The lowest BCUT2D eigenvalue weighted by Gasteiger charge is -2.46. The lowest BCUT2D eigenvalue weighted by Crippen LogP contribution is -2.55. The van der Waals surface area contributed by atoms with Crippen molar-refractivity contribution in [3.63, 3.8) is 0 Å². The summed E-state index contributed by atoms with van der Waals surface area (Å²) in [7, 11) is 0. The van der Waals surface area contributed by atoms with Crippen molar-refractivity contribution >= 4 is 12.1 Å². The van der Waals surface area contributed by atoms with Gasteiger partial charge in [0.05, 0.1) is 5.92 Å². The van der Waals surface area contributed by atoms with Gasteiger partial charge in [0.25, 0.3) is 0 Å². The highest BCUT2D eigenvalue weighted by molar-refractivity contribution is 5.75. The predicted octanol–water partition coefficient (Wildman–Crippen LogP) is 2.89. The lowest BCUT2D eigenvalue weighted by molar-refractivity contribution is -0.140. The monoisotopic (exact) mass is 283 g/mol. The van der Waals surface area contributed by atoms with E-state index in [-0.39, 0.29) is 23.0 Å². The van der Waals surface area contributed by atoms with E-state index in [0.29, 0.717) is 6.54 Å². The molecule has 5 heteroatoms. The summed E-state index contributed by atoms with van der Waals surface area (Å²) >= 11 is 0. The molecule has 1 saturated carbocycles. The maximum atomic E-state index is 12.3. The average Bonchev–Trinajstić information content (AvgIpc) is 2.87. The lowest BCUT2D eigenvalue weighted by atomic mass is 9.79. The highest BCUT2D eigenvalue weighted by Crippen LogP contribution is 2.62. The van der Waals surface area contributed by atoms with Crippen LogP contribution in [0.4, 0.5) is 4.79 Å². The summed E-state index contributed by atoms with van der Waals surface area (Å²) in [4.78, 5) is 25.2. The molecule has 0 aromatic rings. The Morgan fingerprint density at radius 2 is 1.90 bits per heavy atom. The molecule has 1 saturated heterocycles. The first-order valence-corrected chi connectivity index (χ1v) is 7.20. The number of hydrogen-bond donors (Lipinski definition) is 1. The van der Waals surface area contributed by atoms with E-state index in [2.05, 4.69) is 0 Å². The summed E-state index contributed by atoms with van der Waals surface area (Å²) in [6.45, 7) is 10.1. The molecule has 1 amide bonds. The van der Waals surface area contributed by atoms with Gasteiger partial charge >= 0.3 is 12.1 Å². The molecule has 2 atom stereocenters. The van der Waals surface area contributed by atoms with Crippen molar-refractivity contribution in [2.75, 3.05) is 6.54 Å². The maximum absolute atomic E-state index is 12.3. The van der Waals surface area contributed by atoms with Gasteiger partial charge in [0.1, 0.15) is 5.60 Å². The van der Waals surface area contributed by atoms with Crippen molar-refractivity contribution in [2.45, 2.75) is 65.0 Å². The van der Waals surface area contributed by atoms with Gasteiger partial charge in [0.2, 0.25) is 0 Å². The van der Waals surface area contributed by atoms with Gasteiger partial charge in [-0.15, -0.1) is 0 Å². The SMILES string of the molecule is CC(C)(C)OC(=O)N1CCC2(CC2C(=O)O)CC1(C)C. The molecule has 0 aromatic heterocycles. The summed E-state index contributed by atoms with van der Waals surface area (Å²) < 4.78 is 5.45. The van der Waals surface area contributed by atoms with Crippen molar-refractivity contribution in [3.05, 3.63) is 0 Å². The largest absolute Gasteiger partial charge is 0.481 e. The fourth-order valence-electron chi connectivity index (χ4n) is 3.51. The minimum atomic E-state index is -0.702. The van der Waals surface area contributed by atoms with E-state index in [1.165, 1.54) is 0 Å². The first-order valence-electron chi connectivity index (χ1n) is 7.20. The average molecular weight is 283 g/mol. The van der Waals surface area contributed by atoms with E-state index >= 15 is 0 Å². The summed E-state index contributed by atoms with van der Waals surface area (Å²) in [5, 5.41) is 9.16.